The SMILES string of the molecule is Cc1cc(C)c(-n2ccnc2-c2[c-]cccc2)c(C)c1.Cn1ccnc1-c1[c-]cccc1.[Ir].[Ir].[Ir].[Ir].[Ir].[Ir].[c-]1ccccc1-c1nccn1-c1ccc2c(c1)c1ccccc1n2-c1ccccc1.[c-]1ccccc1-c1nccn1-c1ccccc1.[c-]1ccccc1-c1nccn1-n1c2ccccc2c2ncccc21.[c-]1ccccc1-c1nccn1Oc1ccccc1. The Bertz CT molecular complexity index is 6980. The van der Waals surface area contributed by atoms with Crippen LogP contribution in [-0.2, 0) is 128 Å². The first kappa shape index (κ1) is 95.2. The summed E-state index contributed by atoms with van der Waals surface area (Å²) in [7, 11) is 1.98. The Morgan fingerprint density at radius 1 is 0.276 bits per heavy atom. The van der Waals surface area contributed by atoms with E-state index in [0.29, 0.717) is 0 Å². The molecule has 0 spiro atoms. The second kappa shape index (κ2) is 46.2. The van der Waals surface area contributed by atoms with Gasteiger partial charge in [-0.25, -0.2) is 4.73 Å². The summed E-state index contributed by atoms with van der Waals surface area (Å²) in [6.07, 6.45) is 24.3. The third kappa shape index (κ3) is 22.0. The number of pyridine rings is 1. The Kier molecular flexibility index (Phi) is 34.6. The monoisotopic (exact) mass is 2720 g/mol. The smallest absolute Gasteiger partial charge is 0.154 e. The summed E-state index contributed by atoms with van der Waals surface area (Å²) < 4.78 is 16.5. The number of aromatic nitrogens is 15. The largest absolute Gasteiger partial charge is 0.383 e. The van der Waals surface area contributed by atoms with Crippen molar-refractivity contribution in [2.24, 2.45) is 7.05 Å². The maximum absolute atomic E-state index is 5.74. The fraction of sp³-hybridized carbons (Fsp3) is 0.0381. The molecule has 22 aromatic rings. The van der Waals surface area contributed by atoms with Crippen LogP contribution in [0.15, 0.2) is 408 Å². The van der Waals surface area contributed by atoms with E-state index in [0.717, 1.165) is 107 Å². The number of para-hydroxylation sites is 5. The van der Waals surface area contributed by atoms with Gasteiger partial charge in [-0.1, -0.05) is 109 Å². The van der Waals surface area contributed by atoms with E-state index in [9.17, 15) is 0 Å². The van der Waals surface area contributed by atoms with Crippen LogP contribution in [0.1, 0.15) is 16.7 Å². The average molecular weight is 2720 g/mol. The second-order valence-electron chi connectivity index (χ2n) is 28.1. The summed E-state index contributed by atoms with van der Waals surface area (Å²) in [4.78, 5) is 36.8. The van der Waals surface area contributed by atoms with Gasteiger partial charge < -0.3 is 27.7 Å². The van der Waals surface area contributed by atoms with Crippen LogP contribution in [0.3, 0.4) is 0 Å². The average Bonchev–Trinajstić information content (AvgIpc) is 1.59. The van der Waals surface area contributed by atoms with Gasteiger partial charge in [-0.15, -0.1) is 215 Å². The summed E-state index contributed by atoms with van der Waals surface area (Å²) in [5.74, 6) is 6.05. The Balaban J connectivity index is 0.000000149. The van der Waals surface area contributed by atoms with Gasteiger partial charge >= 0.3 is 0 Å². The number of fused-ring (bicyclic) bond motifs is 6. The normalized spacial score (nSPS) is 10.3. The molecule has 6 radical (unpaired) electrons. The van der Waals surface area contributed by atoms with Crippen molar-refractivity contribution in [2.45, 2.75) is 20.8 Å². The fourth-order valence-corrected chi connectivity index (χ4v) is 14.8. The molecule has 0 atom stereocenters. The van der Waals surface area contributed by atoms with E-state index >= 15 is 0 Å². The van der Waals surface area contributed by atoms with Gasteiger partial charge in [-0.2, -0.15) is 0 Å². The van der Waals surface area contributed by atoms with Crippen LogP contribution in [0.5, 0.6) is 5.75 Å². The van der Waals surface area contributed by atoms with Gasteiger partial charge in [0, 0.05) is 241 Å². The molecule has 0 amide bonds. The molecule has 0 aliphatic carbocycles. The second-order valence-corrected chi connectivity index (χ2v) is 28.1. The standard InChI is InChI=1S/C27H18N3.C20H13N4.C18H17N2.C15H11N2O.C15H11N2.C10H9N2.6Ir/c1-3-9-20(10-4-1)27-28-17-18-29(27)22-15-16-26-24(19-22)23-13-7-8-14-25(23)30(26)21-11-5-2-6-12-21;1-2-7-15(8-3-1)20-22-13-14-23(20)24-17-10-5-4-9-16(17)19-18(24)11-6-12-21-19;1-13-11-14(2)17(15(3)12-13)20-10-9-19-18(20)16-7-5-4-6-8-16;1-3-7-13(8-4-1)15-16-11-12-17(15)18-14-9-5-2-6-10-14;1-3-7-13(8-4-1)15-16-11-12-17(15)14-9-5-2-6-10-14;1-12-8-7-11-10(12)9-5-3-2-4-6-9;;;;;;/h1-9,11-19H;1-7,9-14H;4-7,9-12H,1-3H3;1-7,9-12H;1-7,9-12H;2-5,7-8H,1H3;;;;;;/q6*-1;;;;;;. The summed E-state index contributed by atoms with van der Waals surface area (Å²) >= 11 is 0. The molecule has 0 aliphatic rings. The van der Waals surface area contributed by atoms with E-state index in [4.69, 9.17) is 4.84 Å². The molecule has 0 saturated heterocycles. The number of hydrogen-bond acceptors (Lipinski definition) is 8. The van der Waals surface area contributed by atoms with E-state index in [-0.39, 0.29) is 121 Å². The zero-order valence-electron chi connectivity index (χ0n) is 68.8. The third-order valence-corrected chi connectivity index (χ3v) is 20.1. The van der Waals surface area contributed by atoms with E-state index in [1.165, 1.54) is 49.9 Å². The van der Waals surface area contributed by atoms with E-state index < -0.39 is 0 Å². The number of imidazole rings is 6. The predicted octanol–water partition coefficient (Wildman–Crippen LogP) is 23.3. The minimum Gasteiger partial charge on any atom is -0.383 e. The molecule has 9 heterocycles. The molecule has 22 rings (SSSR count). The van der Waals surface area contributed by atoms with Gasteiger partial charge in [0.1, 0.15) is 0 Å². The molecule has 0 fully saturated rings. The van der Waals surface area contributed by atoms with Crippen molar-refractivity contribution < 1.29 is 125 Å². The summed E-state index contributed by atoms with van der Waals surface area (Å²) in [6.45, 7) is 6.42. The number of benzene rings is 13. The Hall–Kier alpha value is -12.4. The van der Waals surface area contributed by atoms with Crippen molar-refractivity contribution in [3.63, 3.8) is 0 Å². The van der Waals surface area contributed by atoms with Crippen molar-refractivity contribution in [1.82, 2.24) is 71.8 Å². The van der Waals surface area contributed by atoms with E-state index in [2.05, 4.69) is 235 Å². The zero-order chi connectivity index (χ0) is 82.1. The first-order valence-electron chi connectivity index (χ1n) is 39.5. The number of aryl methyl sites for hydroxylation is 4. The van der Waals surface area contributed by atoms with Crippen molar-refractivity contribution in [3.05, 3.63) is 461 Å². The Morgan fingerprint density at radius 3 is 1.20 bits per heavy atom. The first-order chi connectivity index (χ1) is 59.8. The van der Waals surface area contributed by atoms with Crippen LogP contribution in [0.4, 0.5) is 0 Å². The molecule has 0 aliphatic heterocycles. The number of nitrogens with zero attached hydrogens (tertiary/aromatic N) is 15. The van der Waals surface area contributed by atoms with Gasteiger partial charge in [0.15, 0.2) is 5.75 Å². The van der Waals surface area contributed by atoms with Crippen LogP contribution >= 0.6 is 0 Å². The quantitative estimate of drug-likeness (QED) is 0.104. The van der Waals surface area contributed by atoms with Crippen molar-refractivity contribution in [1.29, 1.82) is 0 Å². The minimum atomic E-state index is 0. The topological polar surface area (TPSA) is 139 Å². The molecule has 13 aromatic carbocycles. The molecule has 0 bridgehead atoms. The Labute approximate surface area is 818 Å². The number of hydrogen-bond donors (Lipinski definition) is 0. The minimum absolute atomic E-state index is 0. The third-order valence-electron chi connectivity index (χ3n) is 20.1. The molecule has 640 valence electrons. The molecule has 22 heteroatoms. The van der Waals surface area contributed by atoms with Crippen LogP contribution < -0.4 is 4.84 Å². The summed E-state index contributed by atoms with van der Waals surface area (Å²) in [5, 5.41) is 3.60. The maximum atomic E-state index is 5.74. The molecular weight excluding hydrogens is 2640 g/mol. The zero-order valence-corrected chi connectivity index (χ0v) is 83.2. The Morgan fingerprint density at radius 2 is 0.669 bits per heavy atom. The van der Waals surface area contributed by atoms with Gasteiger partial charge in [0.25, 0.3) is 0 Å². The van der Waals surface area contributed by atoms with Crippen LogP contribution in [0.25, 0.3) is 135 Å². The van der Waals surface area contributed by atoms with Crippen molar-refractivity contribution >= 4 is 43.7 Å². The summed E-state index contributed by atoms with van der Waals surface area (Å²) in [5.41, 5.74) is 19.8. The van der Waals surface area contributed by atoms with Gasteiger partial charge in [-0.05, 0) is 111 Å². The molecule has 127 heavy (non-hydrogen) atoms. The molecule has 16 nitrogen and oxygen atoms in total. The molecule has 0 N–H and O–H groups in total. The van der Waals surface area contributed by atoms with Crippen LogP contribution in [0.2, 0.25) is 0 Å². The summed E-state index contributed by atoms with van der Waals surface area (Å²) in [6, 6.07) is 129. The van der Waals surface area contributed by atoms with Gasteiger partial charge in [0.05, 0.1) is 68.7 Å². The molecule has 9 aromatic heterocycles. The van der Waals surface area contributed by atoms with E-state index in [1.807, 2.05) is 286 Å². The van der Waals surface area contributed by atoms with Gasteiger partial charge in [0.2, 0.25) is 0 Å². The van der Waals surface area contributed by atoms with Crippen molar-refractivity contribution in [3.8, 4) is 96.8 Å². The maximum Gasteiger partial charge on any atom is 0.154 e. The van der Waals surface area contributed by atoms with Gasteiger partial charge in [-0.3, -0.25) is 44.2 Å². The van der Waals surface area contributed by atoms with Crippen LogP contribution in [0, 0.1) is 57.2 Å². The van der Waals surface area contributed by atoms with Crippen LogP contribution in [-0.4, -0.2) is 71.8 Å². The predicted molar refractivity (Wildman–Crippen MR) is 483 cm³/mol. The molecule has 0 unspecified atom stereocenters. The number of rotatable bonds is 13. The molecular formula is C105H79Ir6N15O-6. The molecule has 0 saturated carbocycles. The van der Waals surface area contributed by atoms with Crippen molar-refractivity contribution in [2.75, 3.05) is 0 Å². The first-order valence-corrected chi connectivity index (χ1v) is 39.5. The fourth-order valence-electron chi connectivity index (χ4n) is 14.8. The van der Waals surface area contributed by atoms with E-state index in [1.54, 1.807) is 23.3 Å².